The molecule has 1 saturated carbocycles. The maximum Gasteiger partial charge on any atom is 0.317 e. The number of aromatic nitrogens is 1. The summed E-state index contributed by atoms with van der Waals surface area (Å²) < 4.78 is 5.14. The van der Waals surface area contributed by atoms with Crippen molar-refractivity contribution in [2.45, 2.75) is 65.3 Å². The number of anilines is 1. The lowest BCUT2D eigenvalue weighted by Crippen LogP contribution is -2.32. The fourth-order valence-corrected chi connectivity index (χ4v) is 3.72. The highest BCUT2D eigenvalue weighted by Crippen LogP contribution is 2.39. The van der Waals surface area contributed by atoms with Crippen molar-refractivity contribution in [3.8, 4) is 0 Å². The molecule has 1 atom stereocenters. The van der Waals surface area contributed by atoms with Gasteiger partial charge in [-0.1, -0.05) is 20.3 Å². The van der Waals surface area contributed by atoms with Gasteiger partial charge in [-0.05, 0) is 39.0 Å². The number of carbonyl (C=O) groups excluding carboxylic acids is 1. The molecule has 1 fully saturated rings. The Kier molecular flexibility index (Phi) is 4.61. The number of ether oxygens (including phenoxy) is 1. The van der Waals surface area contributed by atoms with E-state index in [1.165, 1.54) is 19.3 Å². The molecule has 1 aliphatic rings. The van der Waals surface area contributed by atoms with Gasteiger partial charge in [0.1, 0.15) is 5.41 Å². The molecule has 21 heavy (non-hydrogen) atoms. The lowest BCUT2D eigenvalue weighted by Gasteiger charge is -2.27. The number of hydrogen-bond acceptors (Lipinski definition) is 5. The summed E-state index contributed by atoms with van der Waals surface area (Å²) >= 11 is 1.57. The van der Waals surface area contributed by atoms with Gasteiger partial charge in [-0.2, -0.15) is 0 Å². The van der Waals surface area contributed by atoms with Gasteiger partial charge in [0.2, 0.25) is 0 Å². The molecular formula is C16H26N2O2S. The van der Waals surface area contributed by atoms with E-state index >= 15 is 0 Å². The minimum atomic E-state index is -0.697. The molecule has 118 valence electrons. The van der Waals surface area contributed by atoms with Gasteiger partial charge < -0.3 is 10.1 Å². The Morgan fingerprint density at radius 3 is 2.86 bits per heavy atom. The smallest absolute Gasteiger partial charge is 0.317 e. The Labute approximate surface area is 131 Å². The van der Waals surface area contributed by atoms with Crippen molar-refractivity contribution in [2.24, 2.45) is 5.41 Å². The summed E-state index contributed by atoms with van der Waals surface area (Å²) in [5.74, 6) is -0.219. The molecule has 0 spiro atoms. The SMILES string of the molecule is CCOC(=O)C(C)(C)c1csc(NC2CCCC2(C)C)n1. The Hall–Kier alpha value is -1.10. The van der Waals surface area contributed by atoms with Crippen LogP contribution in [0, 0.1) is 5.41 Å². The summed E-state index contributed by atoms with van der Waals surface area (Å²) in [6.07, 6.45) is 3.69. The van der Waals surface area contributed by atoms with E-state index in [2.05, 4.69) is 24.1 Å². The predicted molar refractivity (Wildman–Crippen MR) is 86.8 cm³/mol. The van der Waals surface area contributed by atoms with Crippen LogP contribution in [0.4, 0.5) is 5.13 Å². The molecule has 1 aromatic rings. The number of esters is 1. The molecule has 0 saturated heterocycles. The third-order valence-electron chi connectivity index (χ3n) is 4.49. The van der Waals surface area contributed by atoms with Crippen LogP contribution < -0.4 is 5.32 Å². The van der Waals surface area contributed by atoms with Gasteiger partial charge >= 0.3 is 5.97 Å². The maximum atomic E-state index is 12.0. The number of nitrogens with one attached hydrogen (secondary N) is 1. The molecule has 0 aromatic carbocycles. The van der Waals surface area contributed by atoms with Crippen LogP contribution in [0.1, 0.15) is 59.6 Å². The number of carbonyl (C=O) groups is 1. The second-order valence-corrected chi connectivity index (χ2v) is 7.82. The van der Waals surface area contributed by atoms with Crippen LogP contribution in [0.2, 0.25) is 0 Å². The van der Waals surface area contributed by atoms with Gasteiger partial charge in [-0.3, -0.25) is 4.79 Å². The van der Waals surface area contributed by atoms with Gasteiger partial charge in [0, 0.05) is 11.4 Å². The van der Waals surface area contributed by atoms with E-state index in [1.807, 2.05) is 26.2 Å². The standard InChI is InChI=1S/C16H26N2O2S/c1-6-20-13(19)16(4,5)12-10-21-14(18-12)17-11-8-7-9-15(11,2)3/h10-11H,6-9H2,1-5H3,(H,17,18). The van der Waals surface area contributed by atoms with Crippen LogP contribution in [-0.2, 0) is 14.9 Å². The molecule has 4 nitrogen and oxygen atoms in total. The molecule has 0 aliphatic heterocycles. The van der Waals surface area contributed by atoms with Gasteiger partial charge in [0.05, 0.1) is 12.3 Å². The van der Waals surface area contributed by atoms with Crippen molar-refractivity contribution in [2.75, 3.05) is 11.9 Å². The molecule has 5 heteroatoms. The Bertz CT molecular complexity index is 508. The van der Waals surface area contributed by atoms with Gasteiger partial charge in [0.25, 0.3) is 0 Å². The van der Waals surface area contributed by atoms with Crippen molar-refractivity contribution in [3.63, 3.8) is 0 Å². The quantitative estimate of drug-likeness (QED) is 0.836. The number of rotatable bonds is 5. The average Bonchev–Trinajstić information content (AvgIpc) is 2.98. The summed E-state index contributed by atoms with van der Waals surface area (Å²) in [5.41, 5.74) is 0.393. The minimum Gasteiger partial charge on any atom is -0.465 e. The molecule has 1 heterocycles. The fraction of sp³-hybridized carbons (Fsp3) is 0.750. The van der Waals surface area contributed by atoms with Crippen LogP contribution in [0.15, 0.2) is 5.38 Å². The Morgan fingerprint density at radius 2 is 2.29 bits per heavy atom. The number of thiazole rings is 1. The monoisotopic (exact) mass is 310 g/mol. The zero-order valence-electron chi connectivity index (χ0n) is 13.7. The normalized spacial score (nSPS) is 21.3. The third-order valence-corrected chi connectivity index (χ3v) is 5.26. The molecule has 0 bridgehead atoms. The van der Waals surface area contributed by atoms with Crippen molar-refractivity contribution in [1.29, 1.82) is 0 Å². The zero-order valence-corrected chi connectivity index (χ0v) is 14.5. The molecule has 1 aromatic heterocycles. The molecule has 0 amide bonds. The lowest BCUT2D eigenvalue weighted by molar-refractivity contribution is -0.148. The first kappa shape index (κ1) is 16.3. The van der Waals surface area contributed by atoms with Gasteiger partial charge in [-0.15, -0.1) is 11.3 Å². The van der Waals surface area contributed by atoms with E-state index in [1.54, 1.807) is 11.3 Å². The highest BCUT2D eigenvalue weighted by molar-refractivity contribution is 7.13. The molecule has 1 aliphatic carbocycles. The van der Waals surface area contributed by atoms with E-state index < -0.39 is 5.41 Å². The van der Waals surface area contributed by atoms with Crippen LogP contribution in [0.3, 0.4) is 0 Å². The summed E-state index contributed by atoms with van der Waals surface area (Å²) in [7, 11) is 0. The molecule has 1 N–H and O–H groups in total. The summed E-state index contributed by atoms with van der Waals surface area (Å²) in [6.45, 7) is 10.5. The number of nitrogens with zero attached hydrogens (tertiary/aromatic N) is 1. The first-order valence-electron chi connectivity index (χ1n) is 7.67. The topological polar surface area (TPSA) is 51.2 Å². The fourth-order valence-electron chi connectivity index (χ4n) is 2.79. The van der Waals surface area contributed by atoms with Crippen LogP contribution in [-0.4, -0.2) is 23.6 Å². The van der Waals surface area contributed by atoms with Crippen LogP contribution in [0.25, 0.3) is 0 Å². The summed E-state index contributed by atoms with van der Waals surface area (Å²) in [6, 6.07) is 0.460. The van der Waals surface area contributed by atoms with Gasteiger partial charge in [0.15, 0.2) is 5.13 Å². The first-order chi connectivity index (χ1) is 9.77. The predicted octanol–water partition coefficient (Wildman–Crippen LogP) is 3.97. The zero-order chi connectivity index (χ0) is 15.7. The Morgan fingerprint density at radius 1 is 1.57 bits per heavy atom. The lowest BCUT2D eigenvalue weighted by atomic mass is 9.87. The third kappa shape index (κ3) is 3.39. The van der Waals surface area contributed by atoms with Crippen molar-refractivity contribution >= 4 is 22.4 Å². The Balaban J connectivity index is 2.09. The number of hydrogen-bond donors (Lipinski definition) is 1. The average molecular weight is 310 g/mol. The molecule has 2 rings (SSSR count). The van der Waals surface area contributed by atoms with E-state index in [9.17, 15) is 4.79 Å². The van der Waals surface area contributed by atoms with E-state index in [4.69, 9.17) is 4.74 Å². The van der Waals surface area contributed by atoms with Crippen molar-refractivity contribution < 1.29 is 9.53 Å². The first-order valence-corrected chi connectivity index (χ1v) is 8.55. The second kappa shape index (κ2) is 5.95. The second-order valence-electron chi connectivity index (χ2n) is 6.96. The van der Waals surface area contributed by atoms with Crippen LogP contribution >= 0.6 is 11.3 Å². The van der Waals surface area contributed by atoms with E-state index in [0.717, 1.165) is 10.8 Å². The highest BCUT2D eigenvalue weighted by atomic mass is 32.1. The summed E-state index contributed by atoms with van der Waals surface area (Å²) in [4.78, 5) is 16.7. The van der Waals surface area contributed by atoms with E-state index in [0.29, 0.717) is 18.1 Å². The van der Waals surface area contributed by atoms with E-state index in [-0.39, 0.29) is 5.97 Å². The van der Waals surface area contributed by atoms with Crippen LogP contribution in [0.5, 0.6) is 0 Å². The van der Waals surface area contributed by atoms with Crippen molar-refractivity contribution in [3.05, 3.63) is 11.1 Å². The summed E-state index contributed by atoms with van der Waals surface area (Å²) in [5, 5.41) is 6.41. The van der Waals surface area contributed by atoms with Gasteiger partial charge in [-0.25, -0.2) is 4.98 Å². The highest BCUT2D eigenvalue weighted by Gasteiger charge is 2.36. The minimum absolute atomic E-state index is 0.219. The molecular weight excluding hydrogens is 284 g/mol. The molecule has 1 unspecified atom stereocenters. The largest absolute Gasteiger partial charge is 0.465 e. The maximum absolute atomic E-state index is 12.0. The molecule has 0 radical (unpaired) electrons. The van der Waals surface area contributed by atoms with Crippen molar-refractivity contribution in [1.82, 2.24) is 4.98 Å².